The van der Waals surface area contributed by atoms with Crippen LogP contribution in [0.1, 0.15) is 47.7 Å². The van der Waals surface area contributed by atoms with Crippen LogP contribution in [0.5, 0.6) is 5.75 Å². The van der Waals surface area contributed by atoms with Crippen LogP contribution in [0, 0.1) is 5.92 Å². The van der Waals surface area contributed by atoms with Gasteiger partial charge in [0.05, 0.1) is 18.3 Å². The fourth-order valence-corrected chi connectivity index (χ4v) is 5.96. The molecule has 0 saturated carbocycles. The third-order valence-electron chi connectivity index (χ3n) is 7.97. The average molecular weight is 484 g/mol. The number of hydrogen-bond donors (Lipinski definition) is 1. The first-order chi connectivity index (χ1) is 17.6. The number of ether oxygens (including phenoxy) is 1. The summed E-state index contributed by atoms with van der Waals surface area (Å²) >= 11 is 0. The Labute approximate surface area is 212 Å². The van der Waals surface area contributed by atoms with E-state index in [1.165, 1.54) is 5.56 Å². The summed E-state index contributed by atoms with van der Waals surface area (Å²) in [6, 6.07) is 18.7. The van der Waals surface area contributed by atoms with Crippen LogP contribution < -0.4 is 10.1 Å². The molecule has 4 atom stereocenters. The van der Waals surface area contributed by atoms with Crippen molar-refractivity contribution in [3.05, 3.63) is 83.2 Å². The second kappa shape index (κ2) is 9.54. The number of likely N-dealkylation sites (N-methyl/N-ethyl adjacent to an activating group) is 1. The smallest absolute Gasteiger partial charge is 0.227 e. The van der Waals surface area contributed by atoms with Crippen molar-refractivity contribution in [1.29, 1.82) is 0 Å². The fourth-order valence-electron chi connectivity index (χ4n) is 5.96. The van der Waals surface area contributed by atoms with Gasteiger partial charge in [0.1, 0.15) is 12.4 Å². The topological polar surface area (TPSA) is 70.6 Å². The van der Waals surface area contributed by atoms with E-state index >= 15 is 0 Å². The molecule has 2 aromatic carbocycles. The van der Waals surface area contributed by atoms with Crippen molar-refractivity contribution < 1.29 is 9.53 Å². The van der Waals surface area contributed by atoms with Crippen LogP contribution in [-0.4, -0.2) is 58.5 Å². The molecule has 7 heteroatoms. The lowest BCUT2D eigenvalue weighted by Crippen LogP contribution is -2.50. The number of carbonyl (C=O) groups is 1. The third kappa shape index (κ3) is 4.32. The molecule has 0 aliphatic carbocycles. The molecule has 0 bridgehead atoms. The highest BCUT2D eigenvalue weighted by atomic mass is 16.5. The molecule has 0 unspecified atom stereocenters. The average Bonchev–Trinajstić information content (AvgIpc) is 3.31. The standard InChI is InChI=1S/C29H33N5O2/c1-19-14-21-15-30-29(32-26-18-36-27-11-7-6-10-23(26)27)31-25(21)17-34(19)28(35)22-12-13-33(2)16-24(22)20-8-4-3-5-9-20/h3-11,15,19,22,24,26H,12-14,16-18H2,1-2H3,(H,30,31,32)/t19-,22+,24-,26-/m1/s1. The van der Waals surface area contributed by atoms with Crippen LogP contribution in [0.4, 0.5) is 5.95 Å². The molecule has 7 nitrogen and oxygen atoms in total. The number of hydrogen-bond acceptors (Lipinski definition) is 6. The second-order valence-electron chi connectivity index (χ2n) is 10.4. The molecule has 3 aliphatic rings. The number of carbonyl (C=O) groups excluding carboxylic acids is 1. The summed E-state index contributed by atoms with van der Waals surface area (Å²) in [5, 5.41) is 3.44. The summed E-state index contributed by atoms with van der Waals surface area (Å²) in [7, 11) is 2.15. The van der Waals surface area contributed by atoms with Crippen molar-refractivity contribution in [3.8, 4) is 5.75 Å². The molecule has 1 fully saturated rings. The first-order valence-electron chi connectivity index (χ1n) is 12.9. The van der Waals surface area contributed by atoms with Crippen molar-refractivity contribution >= 4 is 11.9 Å². The van der Waals surface area contributed by atoms with Gasteiger partial charge in [-0.05, 0) is 50.6 Å². The number of rotatable bonds is 4. The number of para-hydroxylation sites is 1. The van der Waals surface area contributed by atoms with Gasteiger partial charge in [0.25, 0.3) is 0 Å². The summed E-state index contributed by atoms with van der Waals surface area (Å²) in [4.78, 5) is 27.9. The quantitative estimate of drug-likeness (QED) is 0.604. The van der Waals surface area contributed by atoms with Crippen LogP contribution in [0.2, 0.25) is 0 Å². The van der Waals surface area contributed by atoms with E-state index in [1.807, 2.05) is 30.5 Å². The van der Waals surface area contributed by atoms with E-state index in [0.29, 0.717) is 19.1 Å². The Morgan fingerprint density at radius 2 is 1.92 bits per heavy atom. The number of likely N-dealkylation sites (tertiary alicyclic amines) is 1. The number of nitrogens with one attached hydrogen (secondary N) is 1. The molecule has 36 heavy (non-hydrogen) atoms. The van der Waals surface area contributed by atoms with Gasteiger partial charge in [-0.3, -0.25) is 4.79 Å². The summed E-state index contributed by atoms with van der Waals surface area (Å²) in [5.41, 5.74) is 4.44. The molecule has 186 valence electrons. The molecular formula is C29H33N5O2. The van der Waals surface area contributed by atoms with E-state index in [4.69, 9.17) is 9.72 Å². The van der Waals surface area contributed by atoms with Gasteiger partial charge in [0.15, 0.2) is 0 Å². The first kappa shape index (κ1) is 23.0. The largest absolute Gasteiger partial charge is 0.491 e. The highest BCUT2D eigenvalue weighted by Crippen LogP contribution is 2.36. The molecule has 1 saturated heterocycles. The first-order valence-corrected chi connectivity index (χ1v) is 12.9. The minimum absolute atomic E-state index is 0.0147. The van der Waals surface area contributed by atoms with Gasteiger partial charge >= 0.3 is 0 Å². The van der Waals surface area contributed by atoms with Crippen molar-refractivity contribution in [2.45, 2.75) is 44.3 Å². The number of nitrogens with zero attached hydrogens (tertiary/aromatic N) is 4. The van der Waals surface area contributed by atoms with Crippen LogP contribution in [0.15, 0.2) is 60.8 Å². The lowest BCUT2D eigenvalue weighted by molar-refractivity contribution is -0.141. The molecule has 0 spiro atoms. The van der Waals surface area contributed by atoms with E-state index in [2.05, 4.69) is 64.4 Å². The Kier molecular flexibility index (Phi) is 6.09. The van der Waals surface area contributed by atoms with Gasteiger partial charge in [-0.2, -0.15) is 0 Å². The van der Waals surface area contributed by atoms with E-state index in [-0.39, 0.29) is 29.8 Å². The number of benzene rings is 2. The fraction of sp³-hybridized carbons (Fsp3) is 0.414. The summed E-state index contributed by atoms with van der Waals surface area (Å²) in [6.45, 7) is 5.07. The van der Waals surface area contributed by atoms with E-state index in [9.17, 15) is 4.79 Å². The lowest BCUT2D eigenvalue weighted by Gasteiger charge is -2.42. The van der Waals surface area contributed by atoms with Gasteiger partial charge in [-0.15, -0.1) is 0 Å². The van der Waals surface area contributed by atoms with Crippen LogP contribution in [0.3, 0.4) is 0 Å². The van der Waals surface area contributed by atoms with E-state index in [1.54, 1.807) is 0 Å². The SMILES string of the molecule is C[C@@H]1Cc2cnc(N[C@@H]3COc4ccccc43)nc2CN1C(=O)[C@H]1CCN(C)C[C@@H]1c1ccccc1. The lowest BCUT2D eigenvalue weighted by atomic mass is 9.79. The highest BCUT2D eigenvalue weighted by molar-refractivity contribution is 5.81. The van der Waals surface area contributed by atoms with Gasteiger partial charge in [0.2, 0.25) is 11.9 Å². The molecular weight excluding hydrogens is 450 g/mol. The molecule has 1 N–H and O–H groups in total. The third-order valence-corrected chi connectivity index (χ3v) is 7.97. The van der Waals surface area contributed by atoms with Crippen molar-refractivity contribution in [2.75, 3.05) is 32.1 Å². The number of amides is 1. The second-order valence-corrected chi connectivity index (χ2v) is 10.4. The Hall–Kier alpha value is -3.45. The maximum Gasteiger partial charge on any atom is 0.227 e. The Bertz CT molecular complexity index is 1250. The van der Waals surface area contributed by atoms with Crippen molar-refractivity contribution in [2.24, 2.45) is 5.92 Å². The van der Waals surface area contributed by atoms with E-state index < -0.39 is 0 Å². The molecule has 3 aromatic rings. The van der Waals surface area contributed by atoms with Crippen molar-refractivity contribution in [1.82, 2.24) is 19.8 Å². The normalized spacial score (nSPS) is 25.6. The Morgan fingerprint density at radius 3 is 2.78 bits per heavy atom. The molecule has 4 heterocycles. The Balaban J connectivity index is 1.22. The predicted octanol–water partition coefficient (Wildman–Crippen LogP) is 4.03. The van der Waals surface area contributed by atoms with Gasteiger partial charge in [-0.1, -0.05) is 48.5 Å². The van der Waals surface area contributed by atoms with Crippen LogP contribution in [-0.2, 0) is 17.8 Å². The highest BCUT2D eigenvalue weighted by Gasteiger charge is 2.39. The zero-order valence-corrected chi connectivity index (χ0v) is 20.9. The van der Waals surface area contributed by atoms with Gasteiger partial charge in [0, 0.05) is 36.2 Å². The minimum Gasteiger partial charge on any atom is -0.491 e. The monoisotopic (exact) mass is 483 g/mol. The number of aromatic nitrogens is 2. The van der Waals surface area contributed by atoms with Gasteiger partial charge in [-0.25, -0.2) is 9.97 Å². The van der Waals surface area contributed by atoms with E-state index in [0.717, 1.165) is 48.5 Å². The number of anilines is 1. The number of fused-ring (bicyclic) bond motifs is 2. The molecule has 0 radical (unpaired) electrons. The zero-order chi connectivity index (χ0) is 24.6. The zero-order valence-electron chi connectivity index (χ0n) is 20.9. The maximum absolute atomic E-state index is 14.0. The van der Waals surface area contributed by atoms with Crippen LogP contribution in [0.25, 0.3) is 0 Å². The molecule has 6 rings (SSSR count). The minimum atomic E-state index is -0.0147. The summed E-state index contributed by atoms with van der Waals surface area (Å²) < 4.78 is 5.81. The molecule has 1 amide bonds. The molecule has 1 aromatic heterocycles. The summed E-state index contributed by atoms with van der Waals surface area (Å²) in [6.07, 6.45) is 3.58. The van der Waals surface area contributed by atoms with Crippen LogP contribution >= 0.6 is 0 Å². The van der Waals surface area contributed by atoms with Crippen molar-refractivity contribution in [3.63, 3.8) is 0 Å². The molecule has 3 aliphatic heterocycles. The maximum atomic E-state index is 14.0. The summed E-state index contributed by atoms with van der Waals surface area (Å²) in [5.74, 6) is 1.93. The van der Waals surface area contributed by atoms with Gasteiger partial charge < -0.3 is 19.9 Å². The Morgan fingerprint density at radius 1 is 1.11 bits per heavy atom. The predicted molar refractivity (Wildman–Crippen MR) is 139 cm³/mol. The number of piperidine rings is 1.